The van der Waals surface area contributed by atoms with Crippen LogP contribution in [0.1, 0.15) is 37.7 Å². The van der Waals surface area contributed by atoms with Gasteiger partial charge in [0.15, 0.2) is 0 Å². The highest BCUT2D eigenvalue weighted by molar-refractivity contribution is 6.00. The lowest BCUT2D eigenvalue weighted by Gasteiger charge is -2.27. The highest BCUT2D eigenvalue weighted by Gasteiger charge is 2.40. The summed E-state index contributed by atoms with van der Waals surface area (Å²) in [5.74, 6) is -0.436. The Morgan fingerprint density at radius 2 is 1.74 bits per heavy atom. The fourth-order valence-electron chi connectivity index (χ4n) is 3.16. The maximum absolute atomic E-state index is 11.7. The first kappa shape index (κ1) is 12.3. The second-order valence-corrected chi connectivity index (χ2v) is 5.35. The minimum absolute atomic E-state index is 0.207. The molecule has 1 aromatic rings. The smallest absolute Gasteiger partial charge is 0.374 e. The topological polar surface area (TPSA) is 46.5 Å². The molecule has 1 aliphatic carbocycles. The van der Waals surface area contributed by atoms with Gasteiger partial charge in [-0.3, -0.25) is 0 Å². The lowest BCUT2D eigenvalue weighted by Crippen LogP contribution is -2.25. The van der Waals surface area contributed by atoms with E-state index in [-0.39, 0.29) is 11.9 Å². The minimum atomic E-state index is -0.575. The Hall–Kier alpha value is -1.77. The molecule has 3 nitrogen and oxygen atoms in total. The van der Waals surface area contributed by atoms with Crippen molar-refractivity contribution in [3.05, 3.63) is 41.7 Å². The number of hydrogen-bond donors (Lipinski definition) is 1. The van der Waals surface area contributed by atoms with Gasteiger partial charge < -0.3 is 9.84 Å². The van der Waals surface area contributed by atoms with Crippen molar-refractivity contribution in [2.75, 3.05) is 0 Å². The summed E-state index contributed by atoms with van der Waals surface area (Å²) in [6.45, 7) is 0. The Labute approximate surface area is 112 Å². The van der Waals surface area contributed by atoms with E-state index in [0.717, 1.165) is 18.4 Å². The molecule has 2 aliphatic rings. The first-order valence-corrected chi connectivity index (χ1v) is 6.97. The average Bonchev–Trinajstić information content (AvgIpc) is 2.77. The first-order chi connectivity index (χ1) is 9.27. The molecule has 19 heavy (non-hydrogen) atoms. The summed E-state index contributed by atoms with van der Waals surface area (Å²) in [5, 5.41) is 10.0. The van der Waals surface area contributed by atoms with Gasteiger partial charge in [-0.2, -0.15) is 0 Å². The summed E-state index contributed by atoms with van der Waals surface area (Å²) in [6, 6.07) is 9.59. The number of ether oxygens (including phenoxy) is 1. The summed E-state index contributed by atoms with van der Waals surface area (Å²) in [5.41, 5.74) is 1.57. The quantitative estimate of drug-likeness (QED) is 0.826. The molecule has 1 atom stereocenters. The average molecular weight is 258 g/mol. The number of hydrogen-bond acceptors (Lipinski definition) is 3. The molecule has 1 saturated carbocycles. The van der Waals surface area contributed by atoms with Crippen LogP contribution in [0.25, 0.3) is 5.57 Å². The van der Waals surface area contributed by atoms with Crippen LogP contribution >= 0.6 is 0 Å². The highest BCUT2D eigenvalue weighted by Crippen LogP contribution is 2.39. The van der Waals surface area contributed by atoms with Crippen molar-refractivity contribution in [2.24, 2.45) is 5.92 Å². The summed E-state index contributed by atoms with van der Waals surface area (Å²) < 4.78 is 5.42. The van der Waals surface area contributed by atoms with Crippen LogP contribution in [0.2, 0.25) is 0 Å². The molecule has 1 N–H and O–H groups in total. The molecule has 3 rings (SSSR count). The number of carbonyl (C=O) groups excluding carboxylic acids is 1. The van der Waals surface area contributed by atoms with Crippen molar-refractivity contribution in [1.29, 1.82) is 0 Å². The van der Waals surface area contributed by atoms with Crippen molar-refractivity contribution in [2.45, 2.75) is 38.2 Å². The standard InChI is InChI=1S/C16H18O3/c17-14-13(11-7-3-1-4-8-11)15(19-16(14)18)12-9-5-2-6-10-12/h1,3-4,7-8,12,15,17H,2,5-6,9-10H2. The van der Waals surface area contributed by atoms with E-state index in [1.807, 2.05) is 30.3 Å². The van der Waals surface area contributed by atoms with Gasteiger partial charge in [-0.25, -0.2) is 4.79 Å². The van der Waals surface area contributed by atoms with Crippen molar-refractivity contribution >= 4 is 11.5 Å². The van der Waals surface area contributed by atoms with E-state index in [1.165, 1.54) is 19.3 Å². The van der Waals surface area contributed by atoms with E-state index in [4.69, 9.17) is 4.74 Å². The molecule has 0 saturated heterocycles. The van der Waals surface area contributed by atoms with Crippen molar-refractivity contribution < 1.29 is 14.6 Å². The number of aliphatic hydroxyl groups excluding tert-OH is 1. The highest BCUT2D eigenvalue weighted by atomic mass is 16.6. The van der Waals surface area contributed by atoms with Crippen LogP contribution in [-0.2, 0) is 9.53 Å². The second-order valence-electron chi connectivity index (χ2n) is 5.35. The summed E-state index contributed by atoms with van der Waals surface area (Å²) in [4.78, 5) is 11.7. The fourth-order valence-corrected chi connectivity index (χ4v) is 3.16. The van der Waals surface area contributed by atoms with Gasteiger partial charge >= 0.3 is 5.97 Å². The number of cyclic esters (lactones) is 1. The molecule has 1 fully saturated rings. The molecule has 1 unspecified atom stereocenters. The van der Waals surface area contributed by atoms with Gasteiger partial charge in [0.05, 0.1) is 0 Å². The number of rotatable bonds is 2. The van der Waals surface area contributed by atoms with Gasteiger partial charge in [0.25, 0.3) is 0 Å². The summed E-state index contributed by atoms with van der Waals surface area (Å²) >= 11 is 0. The van der Waals surface area contributed by atoms with E-state index in [9.17, 15) is 9.90 Å². The zero-order chi connectivity index (χ0) is 13.2. The third kappa shape index (κ3) is 2.25. The number of benzene rings is 1. The maximum atomic E-state index is 11.7. The molecule has 3 heteroatoms. The zero-order valence-corrected chi connectivity index (χ0v) is 10.8. The van der Waals surface area contributed by atoms with Crippen LogP contribution in [-0.4, -0.2) is 17.2 Å². The van der Waals surface area contributed by atoms with Gasteiger partial charge in [-0.15, -0.1) is 0 Å². The molecule has 1 heterocycles. The van der Waals surface area contributed by atoms with Crippen LogP contribution in [0, 0.1) is 5.92 Å². The van der Waals surface area contributed by atoms with Crippen LogP contribution < -0.4 is 0 Å². The molecular formula is C16H18O3. The molecule has 0 radical (unpaired) electrons. The van der Waals surface area contributed by atoms with Crippen molar-refractivity contribution in [3.8, 4) is 0 Å². The Morgan fingerprint density at radius 1 is 1.05 bits per heavy atom. The van der Waals surface area contributed by atoms with Gasteiger partial charge in [0, 0.05) is 11.5 Å². The SMILES string of the molecule is O=C1OC(C2CCCCC2)C(c2ccccc2)=C1O. The van der Waals surface area contributed by atoms with Crippen LogP contribution in [0.3, 0.4) is 0 Å². The Balaban J connectivity index is 1.94. The van der Waals surface area contributed by atoms with Crippen molar-refractivity contribution in [1.82, 2.24) is 0 Å². The largest absolute Gasteiger partial charge is 0.502 e. The molecule has 0 amide bonds. The molecule has 0 bridgehead atoms. The van der Waals surface area contributed by atoms with E-state index >= 15 is 0 Å². The predicted octanol–water partition coefficient (Wildman–Crippen LogP) is 3.46. The Bertz CT molecular complexity index is 498. The number of carbonyl (C=O) groups is 1. The number of aliphatic hydroxyl groups is 1. The van der Waals surface area contributed by atoms with Gasteiger partial charge in [0.1, 0.15) is 6.10 Å². The Kier molecular flexibility index (Phi) is 3.28. The van der Waals surface area contributed by atoms with Crippen LogP contribution in [0.4, 0.5) is 0 Å². The van der Waals surface area contributed by atoms with E-state index in [0.29, 0.717) is 11.5 Å². The fraction of sp³-hybridized carbons (Fsp3) is 0.438. The lowest BCUT2D eigenvalue weighted by atomic mass is 9.81. The van der Waals surface area contributed by atoms with Gasteiger partial charge in [-0.1, -0.05) is 49.6 Å². The molecule has 100 valence electrons. The normalized spacial score (nSPS) is 24.6. The molecule has 0 spiro atoms. The molecule has 0 aromatic heterocycles. The van der Waals surface area contributed by atoms with Crippen LogP contribution in [0.15, 0.2) is 36.1 Å². The second kappa shape index (κ2) is 5.08. The third-order valence-corrected chi connectivity index (χ3v) is 4.13. The van der Waals surface area contributed by atoms with Crippen molar-refractivity contribution in [3.63, 3.8) is 0 Å². The van der Waals surface area contributed by atoms with Crippen LogP contribution in [0.5, 0.6) is 0 Å². The molecular weight excluding hydrogens is 240 g/mol. The zero-order valence-electron chi connectivity index (χ0n) is 10.8. The lowest BCUT2D eigenvalue weighted by molar-refractivity contribution is -0.144. The third-order valence-electron chi connectivity index (χ3n) is 4.13. The summed E-state index contributed by atoms with van der Waals surface area (Å²) in [7, 11) is 0. The van der Waals surface area contributed by atoms with E-state index < -0.39 is 5.97 Å². The predicted molar refractivity (Wildman–Crippen MR) is 72.4 cm³/mol. The van der Waals surface area contributed by atoms with Gasteiger partial charge in [0.2, 0.25) is 5.76 Å². The maximum Gasteiger partial charge on any atom is 0.374 e. The Morgan fingerprint density at radius 3 is 2.42 bits per heavy atom. The monoisotopic (exact) mass is 258 g/mol. The molecule has 1 aliphatic heterocycles. The number of esters is 1. The molecule has 1 aromatic carbocycles. The first-order valence-electron chi connectivity index (χ1n) is 6.97. The summed E-state index contributed by atoms with van der Waals surface area (Å²) in [6.07, 6.45) is 5.50. The minimum Gasteiger partial charge on any atom is -0.502 e. The van der Waals surface area contributed by atoms with E-state index in [2.05, 4.69) is 0 Å². The van der Waals surface area contributed by atoms with E-state index in [1.54, 1.807) is 0 Å². The van der Waals surface area contributed by atoms with Gasteiger partial charge in [-0.05, 0) is 18.4 Å².